The fourth-order valence-corrected chi connectivity index (χ4v) is 3.71. The lowest BCUT2D eigenvalue weighted by Gasteiger charge is -2.39. The van der Waals surface area contributed by atoms with Gasteiger partial charge in [0.25, 0.3) is 0 Å². The molecular weight excluding hydrogens is 358 g/mol. The fourth-order valence-electron chi connectivity index (χ4n) is 3.71. The van der Waals surface area contributed by atoms with Gasteiger partial charge >= 0.3 is 5.97 Å². The van der Waals surface area contributed by atoms with Crippen LogP contribution in [0.15, 0.2) is 36.8 Å². The molecule has 0 radical (unpaired) electrons. The van der Waals surface area contributed by atoms with Gasteiger partial charge in [0.1, 0.15) is 11.4 Å². The second-order valence-electron chi connectivity index (χ2n) is 7.68. The van der Waals surface area contributed by atoms with Gasteiger partial charge in [-0.25, -0.2) is 9.78 Å². The van der Waals surface area contributed by atoms with Gasteiger partial charge in [0.2, 0.25) is 0 Å². The van der Waals surface area contributed by atoms with Crippen molar-refractivity contribution >= 4 is 11.7 Å². The number of rotatable bonds is 6. The quantitative estimate of drug-likeness (QED) is 0.605. The Balaban J connectivity index is 2.17. The molecule has 0 fully saturated rings. The minimum atomic E-state index is -0.391. The molecular formula is C21H27N3O4. The summed E-state index contributed by atoms with van der Waals surface area (Å²) in [6.45, 7) is 7.87. The van der Waals surface area contributed by atoms with E-state index in [2.05, 4.69) is 30.4 Å². The second kappa shape index (κ2) is 7.67. The number of imidazole rings is 1. The predicted octanol–water partition coefficient (Wildman–Crippen LogP) is 3.58. The third-order valence-electron chi connectivity index (χ3n) is 4.77. The topological polar surface area (TPSA) is 74.6 Å². The summed E-state index contributed by atoms with van der Waals surface area (Å²) in [6.07, 6.45) is 5.12. The molecule has 0 bridgehead atoms. The summed E-state index contributed by atoms with van der Waals surface area (Å²) in [5.74, 6) is 0.349. The van der Waals surface area contributed by atoms with Crippen LogP contribution < -0.4 is 10.2 Å². The van der Waals surface area contributed by atoms with Gasteiger partial charge in [-0.3, -0.25) is 10.3 Å². The molecule has 1 aliphatic rings. The van der Waals surface area contributed by atoms with E-state index in [1.807, 2.05) is 36.6 Å². The number of ether oxygens (including phenoxy) is 2. The zero-order valence-corrected chi connectivity index (χ0v) is 17.1. The Kier molecular flexibility index (Phi) is 5.47. The van der Waals surface area contributed by atoms with E-state index in [1.165, 1.54) is 0 Å². The lowest BCUT2D eigenvalue weighted by atomic mass is 9.73. The lowest BCUT2D eigenvalue weighted by molar-refractivity contribution is 0.0361. The minimum absolute atomic E-state index is 0.183. The van der Waals surface area contributed by atoms with Crippen LogP contribution in [0.25, 0.3) is 5.70 Å². The highest BCUT2D eigenvalue weighted by molar-refractivity contribution is 5.87. The maximum atomic E-state index is 12.6. The molecule has 1 aliphatic carbocycles. The first-order valence-corrected chi connectivity index (χ1v) is 9.21. The average Bonchev–Trinajstić information content (AvgIpc) is 3.09. The molecule has 2 aromatic rings. The summed E-state index contributed by atoms with van der Waals surface area (Å²) >= 11 is 0. The van der Waals surface area contributed by atoms with Crippen molar-refractivity contribution in [2.75, 3.05) is 14.2 Å². The number of hydrogen-bond donors (Lipinski definition) is 1. The molecule has 3 rings (SSSR count). The van der Waals surface area contributed by atoms with Crippen LogP contribution in [0.3, 0.4) is 0 Å². The van der Waals surface area contributed by atoms with Crippen LogP contribution in [0.5, 0.6) is 5.75 Å². The summed E-state index contributed by atoms with van der Waals surface area (Å²) in [5, 5.41) is 0. The molecule has 0 saturated carbocycles. The van der Waals surface area contributed by atoms with Gasteiger partial charge in [0, 0.05) is 11.0 Å². The van der Waals surface area contributed by atoms with Gasteiger partial charge < -0.3 is 14.0 Å². The molecule has 1 heterocycles. The molecule has 1 aromatic heterocycles. The molecule has 7 nitrogen and oxygen atoms in total. The van der Waals surface area contributed by atoms with E-state index in [0.29, 0.717) is 5.69 Å². The first-order valence-electron chi connectivity index (χ1n) is 9.21. The van der Waals surface area contributed by atoms with Crippen LogP contribution in [0, 0.1) is 5.41 Å². The Morgan fingerprint density at radius 3 is 2.68 bits per heavy atom. The maximum absolute atomic E-state index is 12.6. The molecule has 1 atom stereocenters. The number of allylic oxidation sites excluding steroid dienone is 1. The van der Waals surface area contributed by atoms with Crippen LogP contribution in [0.1, 0.15) is 55.4 Å². The Hall–Kier alpha value is -2.80. The number of hydroxylamine groups is 1. The molecule has 1 aromatic carbocycles. The number of nitrogens with zero attached hydrogens (tertiary/aromatic N) is 2. The molecule has 28 heavy (non-hydrogen) atoms. The van der Waals surface area contributed by atoms with Gasteiger partial charge in [-0.15, -0.1) is 0 Å². The second-order valence-corrected chi connectivity index (χ2v) is 7.68. The van der Waals surface area contributed by atoms with E-state index in [9.17, 15) is 4.79 Å². The highest BCUT2D eigenvalue weighted by Gasteiger charge is 2.39. The average molecular weight is 385 g/mol. The summed E-state index contributed by atoms with van der Waals surface area (Å²) < 4.78 is 12.7. The Labute approximate surface area is 165 Å². The summed E-state index contributed by atoms with van der Waals surface area (Å²) in [6, 6.07) is 5.69. The number of aromatic nitrogens is 2. The Morgan fingerprint density at radius 1 is 1.29 bits per heavy atom. The number of benzene rings is 1. The van der Waals surface area contributed by atoms with Crippen LogP contribution in [0.2, 0.25) is 0 Å². The van der Waals surface area contributed by atoms with Crippen molar-refractivity contribution in [1.82, 2.24) is 15.0 Å². The Morgan fingerprint density at radius 2 is 2.04 bits per heavy atom. The van der Waals surface area contributed by atoms with Crippen molar-refractivity contribution in [3.8, 4) is 5.75 Å². The van der Waals surface area contributed by atoms with Crippen molar-refractivity contribution < 1.29 is 19.1 Å². The van der Waals surface area contributed by atoms with E-state index in [1.54, 1.807) is 26.7 Å². The normalized spacial score (nSPS) is 17.7. The highest BCUT2D eigenvalue weighted by Crippen LogP contribution is 2.47. The molecule has 7 heteroatoms. The summed E-state index contributed by atoms with van der Waals surface area (Å²) in [7, 11) is 3.22. The van der Waals surface area contributed by atoms with Crippen LogP contribution >= 0.6 is 0 Å². The smallest absolute Gasteiger partial charge is 0.356 e. The first kappa shape index (κ1) is 19.9. The molecule has 0 amide bonds. The molecule has 150 valence electrons. The van der Waals surface area contributed by atoms with Gasteiger partial charge in [0.05, 0.1) is 44.6 Å². The number of esters is 1. The summed E-state index contributed by atoms with van der Waals surface area (Å²) in [4.78, 5) is 22.0. The summed E-state index contributed by atoms with van der Waals surface area (Å²) in [5.41, 5.74) is 5.87. The van der Waals surface area contributed by atoms with E-state index >= 15 is 0 Å². The number of carbonyl (C=O) groups excluding carboxylic acids is 1. The van der Waals surface area contributed by atoms with Gasteiger partial charge in [-0.05, 0) is 37.6 Å². The SMILES string of the molecule is CONC1=CC(C)(C)[C@@H](n2cncc2C(=O)OC(C)C)c2cc(OC)ccc21. The predicted molar refractivity (Wildman–Crippen MR) is 106 cm³/mol. The molecule has 0 unspecified atom stereocenters. The lowest BCUT2D eigenvalue weighted by Crippen LogP contribution is -2.34. The van der Waals surface area contributed by atoms with Crippen LogP contribution in [-0.4, -0.2) is 35.8 Å². The van der Waals surface area contributed by atoms with Crippen molar-refractivity contribution in [1.29, 1.82) is 0 Å². The van der Waals surface area contributed by atoms with E-state index in [-0.39, 0.29) is 17.6 Å². The fraction of sp³-hybridized carbons (Fsp3) is 0.429. The van der Waals surface area contributed by atoms with Gasteiger partial charge in [-0.2, -0.15) is 0 Å². The minimum Gasteiger partial charge on any atom is -0.497 e. The van der Waals surface area contributed by atoms with E-state index in [0.717, 1.165) is 22.6 Å². The third kappa shape index (κ3) is 3.62. The monoisotopic (exact) mass is 385 g/mol. The van der Waals surface area contributed by atoms with Gasteiger partial charge in [-0.1, -0.05) is 19.9 Å². The molecule has 1 N–H and O–H groups in total. The standard InChI is InChI=1S/C21H27N3O4/c1-13(2)28-20(25)18-11-22-12-24(18)19-16-9-14(26-5)7-8-15(16)17(23-27-6)10-21(19,3)4/h7-13,19,23H,1-6H3/t19-/m0/s1. The van der Waals surface area contributed by atoms with Crippen molar-refractivity contribution in [2.24, 2.45) is 5.41 Å². The van der Waals surface area contributed by atoms with Gasteiger partial charge in [0.15, 0.2) is 0 Å². The van der Waals surface area contributed by atoms with Crippen molar-refractivity contribution in [3.63, 3.8) is 0 Å². The zero-order valence-electron chi connectivity index (χ0n) is 17.1. The van der Waals surface area contributed by atoms with Crippen LogP contribution in [-0.2, 0) is 9.57 Å². The first-order chi connectivity index (χ1) is 13.3. The maximum Gasteiger partial charge on any atom is 0.356 e. The molecule has 0 spiro atoms. The zero-order chi connectivity index (χ0) is 20.5. The Bertz CT molecular complexity index is 899. The van der Waals surface area contributed by atoms with E-state index < -0.39 is 5.97 Å². The number of nitrogens with one attached hydrogen (secondary N) is 1. The molecule has 0 aliphatic heterocycles. The van der Waals surface area contributed by atoms with Crippen molar-refractivity contribution in [3.05, 3.63) is 53.6 Å². The van der Waals surface area contributed by atoms with Crippen LogP contribution in [0.4, 0.5) is 0 Å². The third-order valence-corrected chi connectivity index (χ3v) is 4.77. The number of fused-ring (bicyclic) bond motifs is 1. The molecule has 0 saturated heterocycles. The number of hydrogen-bond acceptors (Lipinski definition) is 6. The highest BCUT2D eigenvalue weighted by atomic mass is 16.6. The number of methoxy groups -OCH3 is 1. The van der Waals surface area contributed by atoms with Crippen molar-refractivity contribution in [2.45, 2.75) is 39.8 Å². The number of carbonyl (C=O) groups is 1. The largest absolute Gasteiger partial charge is 0.497 e. The van der Waals surface area contributed by atoms with E-state index in [4.69, 9.17) is 14.3 Å².